The van der Waals surface area contributed by atoms with Gasteiger partial charge in [-0.25, -0.2) is 0 Å². The van der Waals surface area contributed by atoms with E-state index in [1.165, 1.54) is 9.80 Å². The number of benzene rings is 2. The summed E-state index contributed by atoms with van der Waals surface area (Å²) >= 11 is 5.72. The van der Waals surface area contributed by atoms with Gasteiger partial charge in [-0.3, -0.25) is 29.0 Å². The molecule has 0 unspecified atom stereocenters. The van der Waals surface area contributed by atoms with E-state index >= 15 is 0 Å². The van der Waals surface area contributed by atoms with Gasteiger partial charge in [0.1, 0.15) is 5.41 Å². The number of carbonyl (C=O) groups excluding carboxylic acids is 4. The third-order valence-corrected chi connectivity index (χ3v) is 6.68. The van der Waals surface area contributed by atoms with Gasteiger partial charge in [0.2, 0.25) is 11.8 Å². The number of ether oxygens (including phenoxy) is 2. The molecule has 1 aliphatic rings. The van der Waals surface area contributed by atoms with Crippen molar-refractivity contribution in [1.82, 2.24) is 0 Å². The van der Waals surface area contributed by atoms with E-state index in [4.69, 9.17) is 21.7 Å². The SMILES string of the molecule is CCOC(=O)CCC1(CCC(=O)OCC)C(=O)N(c2ccc(C)cc2)C(=S)N(c2ccc(C)cc2)C1=O. The molecule has 196 valence electrons. The molecule has 0 N–H and O–H groups in total. The lowest BCUT2D eigenvalue weighted by atomic mass is 9.74. The van der Waals surface area contributed by atoms with Gasteiger partial charge in [0.25, 0.3) is 0 Å². The molecule has 8 nitrogen and oxygen atoms in total. The van der Waals surface area contributed by atoms with Crippen LogP contribution in [0.1, 0.15) is 50.7 Å². The Morgan fingerprint density at radius 3 is 1.41 bits per heavy atom. The molecule has 0 aliphatic carbocycles. The number of anilines is 2. The Morgan fingerprint density at radius 2 is 1.08 bits per heavy atom. The zero-order valence-corrected chi connectivity index (χ0v) is 22.4. The number of nitrogens with zero attached hydrogens (tertiary/aromatic N) is 2. The van der Waals surface area contributed by atoms with Crippen molar-refractivity contribution in [2.45, 2.75) is 53.4 Å². The van der Waals surface area contributed by atoms with Crippen LogP contribution in [-0.4, -0.2) is 42.1 Å². The molecule has 1 fully saturated rings. The summed E-state index contributed by atoms with van der Waals surface area (Å²) in [6, 6.07) is 14.4. The molecule has 0 atom stereocenters. The molecule has 2 amide bonds. The van der Waals surface area contributed by atoms with Gasteiger partial charge in [-0.05, 0) is 77.0 Å². The van der Waals surface area contributed by atoms with E-state index in [-0.39, 0.29) is 44.0 Å². The van der Waals surface area contributed by atoms with E-state index in [0.717, 1.165) is 11.1 Å². The van der Waals surface area contributed by atoms with Gasteiger partial charge in [-0.1, -0.05) is 35.4 Å². The summed E-state index contributed by atoms with van der Waals surface area (Å²) in [6.07, 6.45) is -0.638. The highest BCUT2D eigenvalue weighted by atomic mass is 32.1. The molecule has 2 aromatic rings. The van der Waals surface area contributed by atoms with Crippen molar-refractivity contribution in [2.75, 3.05) is 23.0 Å². The second-order valence-corrected chi connectivity index (χ2v) is 9.29. The van der Waals surface area contributed by atoms with Crippen molar-refractivity contribution in [3.63, 3.8) is 0 Å². The molecule has 1 heterocycles. The van der Waals surface area contributed by atoms with Gasteiger partial charge in [-0.15, -0.1) is 0 Å². The first kappa shape index (κ1) is 28.0. The molecule has 0 bridgehead atoms. The van der Waals surface area contributed by atoms with Crippen LogP contribution >= 0.6 is 12.2 Å². The molecule has 1 saturated heterocycles. The van der Waals surface area contributed by atoms with E-state index in [1.807, 2.05) is 38.1 Å². The highest BCUT2D eigenvalue weighted by molar-refractivity contribution is 7.81. The van der Waals surface area contributed by atoms with E-state index in [9.17, 15) is 19.2 Å². The zero-order valence-electron chi connectivity index (χ0n) is 21.6. The maximum absolute atomic E-state index is 14.2. The molecule has 0 aromatic heterocycles. The highest BCUT2D eigenvalue weighted by Gasteiger charge is 2.56. The Labute approximate surface area is 222 Å². The number of rotatable bonds is 10. The molecule has 0 radical (unpaired) electrons. The quantitative estimate of drug-likeness (QED) is 0.254. The van der Waals surface area contributed by atoms with E-state index in [0.29, 0.717) is 11.4 Å². The van der Waals surface area contributed by atoms with Crippen LogP contribution in [0.2, 0.25) is 0 Å². The topological polar surface area (TPSA) is 93.2 Å². The first-order valence-electron chi connectivity index (χ1n) is 12.3. The number of thiocarbonyl (C=S) groups is 1. The monoisotopic (exact) mass is 524 g/mol. The molecule has 1 aliphatic heterocycles. The van der Waals surface area contributed by atoms with Crippen molar-refractivity contribution in [1.29, 1.82) is 0 Å². The fourth-order valence-corrected chi connectivity index (χ4v) is 4.66. The average Bonchev–Trinajstić information content (AvgIpc) is 2.86. The van der Waals surface area contributed by atoms with E-state index in [1.54, 1.807) is 38.1 Å². The van der Waals surface area contributed by atoms with Gasteiger partial charge >= 0.3 is 11.9 Å². The molecule has 0 saturated carbocycles. The Bertz CT molecular complexity index is 1080. The molecule has 0 spiro atoms. The van der Waals surface area contributed by atoms with Crippen LogP contribution in [0.4, 0.5) is 11.4 Å². The molecular formula is C28H32N2O6S. The molecule has 37 heavy (non-hydrogen) atoms. The van der Waals surface area contributed by atoms with Gasteiger partial charge in [0, 0.05) is 12.8 Å². The fourth-order valence-electron chi connectivity index (χ4n) is 4.29. The van der Waals surface area contributed by atoms with E-state index < -0.39 is 29.2 Å². The minimum absolute atomic E-state index is 0.00519. The maximum atomic E-state index is 14.2. The van der Waals surface area contributed by atoms with Crippen LogP contribution in [0, 0.1) is 19.3 Å². The summed E-state index contributed by atoms with van der Waals surface area (Å²) in [5.41, 5.74) is 1.21. The Kier molecular flexibility index (Phi) is 9.15. The smallest absolute Gasteiger partial charge is 0.305 e. The van der Waals surface area contributed by atoms with E-state index in [2.05, 4.69) is 0 Å². The van der Waals surface area contributed by atoms with Crippen LogP contribution < -0.4 is 9.80 Å². The third kappa shape index (κ3) is 6.05. The van der Waals surface area contributed by atoms with Crippen molar-refractivity contribution >= 4 is 52.5 Å². The Morgan fingerprint density at radius 1 is 0.730 bits per heavy atom. The van der Waals surface area contributed by atoms with Crippen LogP contribution in [0.5, 0.6) is 0 Å². The predicted molar refractivity (Wildman–Crippen MR) is 144 cm³/mol. The Hall–Kier alpha value is -3.59. The first-order valence-corrected chi connectivity index (χ1v) is 12.7. The lowest BCUT2D eigenvalue weighted by Crippen LogP contribution is -2.66. The van der Waals surface area contributed by atoms with Crippen LogP contribution in [-0.2, 0) is 28.7 Å². The van der Waals surface area contributed by atoms with Gasteiger partial charge in [-0.2, -0.15) is 0 Å². The summed E-state index contributed by atoms with van der Waals surface area (Å²) in [6.45, 7) is 7.55. The van der Waals surface area contributed by atoms with Crippen LogP contribution in [0.15, 0.2) is 48.5 Å². The molecule has 3 rings (SSSR count). The summed E-state index contributed by atoms with van der Waals surface area (Å²) < 4.78 is 10.2. The highest BCUT2D eigenvalue weighted by Crippen LogP contribution is 2.42. The Balaban J connectivity index is 2.16. The van der Waals surface area contributed by atoms with Gasteiger partial charge in [0.15, 0.2) is 5.11 Å². The van der Waals surface area contributed by atoms with Gasteiger partial charge in [0.05, 0.1) is 24.6 Å². The summed E-state index contributed by atoms with van der Waals surface area (Å²) in [4.78, 5) is 55.7. The maximum Gasteiger partial charge on any atom is 0.305 e. The minimum atomic E-state index is -1.74. The number of hydrogen-bond donors (Lipinski definition) is 0. The summed E-state index contributed by atoms with van der Waals surface area (Å²) in [5.74, 6) is -2.22. The van der Waals surface area contributed by atoms with Gasteiger partial charge < -0.3 is 9.47 Å². The van der Waals surface area contributed by atoms with Crippen molar-refractivity contribution < 1.29 is 28.7 Å². The molecule has 9 heteroatoms. The summed E-state index contributed by atoms with van der Waals surface area (Å²) in [7, 11) is 0. The number of carbonyl (C=O) groups is 4. The largest absolute Gasteiger partial charge is 0.466 e. The lowest BCUT2D eigenvalue weighted by Gasteiger charge is -2.46. The van der Waals surface area contributed by atoms with Crippen molar-refractivity contribution in [3.8, 4) is 0 Å². The number of hydrogen-bond acceptors (Lipinski definition) is 7. The van der Waals surface area contributed by atoms with Crippen molar-refractivity contribution in [2.24, 2.45) is 5.41 Å². The number of amides is 2. The second kappa shape index (κ2) is 12.1. The van der Waals surface area contributed by atoms with Crippen molar-refractivity contribution in [3.05, 3.63) is 59.7 Å². The minimum Gasteiger partial charge on any atom is -0.466 e. The molecule has 2 aromatic carbocycles. The van der Waals surface area contributed by atoms with Crippen LogP contribution in [0.3, 0.4) is 0 Å². The number of aryl methyl sites for hydroxylation is 2. The first-order chi connectivity index (χ1) is 17.6. The second-order valence-electron chi connectivity index (χ2n) is 8.93. The third-order valence-electron chi connectivity index (χ3n) is 6.31. The normalized spacial score (nSPS) is 15.1. The summed E-state index contributed by atoms with van der Waals surface area (Å²) in [5, 5.41) is 0.00519. The fraction of sp³-hybridized carbons (Fsp3) is 0.393. The zero-order chi connectivity index (χ0) is 27.2. The predicted octanol–water partition coefficient (Wildman–Crippen LogP) is 4.64. The number of esters is 2. The molecular weight excluding hydrogens is 492 g/mol. The van der Waals surface area contributed by atoms with Crippen LogP contribution in [0.25, 0.3) is 0 Å². The average molecular weight is 525 g/mol. The lowest BCUT2D eigenvalue weighted by molar-refractivity contribution is -0.147. The standard InChI is InChI=1S/C28H32N2O6S/c1-5-35-23(31)15-17-28(18-16-24(32)36-6-2)25(33)29(21-11-7-19(3)8-12-21)27(37)30(26(28)34)22-13-9-20(4)10-14-22/h7-14H,5-6,15-18H2,1-4H3.